The molecular formula is C22H31N3O8. The van der Waals surface area contributed by atoms with Crippen LogP contribution in [0.3, 0.4) is 0 Å². The predicted octanol–water partition coefficient (Wildman–Crippen LogP) is 3.70. The van der Waals surface area contributed by atoms with Crippen molar-refractivity contribution in [1.29, 1.82) is 0 Å². The van der Waals surface area contributed by atoms with Crippen LogP contribution in [0.1, 0.15) is 64.7 Å². The van der Waals surface area contributed by atoms with E-state index in [1.807, 2.05) is 0 Å². The minimum absolute atomic E-state index is 0.00349. The van der Waals surface area contributed by atoms with Crippen LogP contribution in [0.2, 0.25) is 0 Å². The maximum atomic E-state index is 12.7. The fourth-order valence-corrected chi connectivity index (χ4v) is 3.28. The molecule has 1 saturated carbocycles. The third kappa shape index (κ3) is 8.59. The highest BCUT2D eigenvalue weighted by molar-refractivity contribution is 5.90. The Kier molecular flexibility index (Phi) is 7.89. The van der Waals surface area contributed by atoms with Crippen molar-refractivity contribution in [3.05, 3.63) is 39.9 Å². The van der Waals surface area contributed by atoms with E-state index in [0.29, 0.717) is 0 Å². The van der Waals surface area contributed by atoms with Crippen molar-refractivity contribution < 1.29 is 33.5 Å². The van der Waals surface area contributed by atoms with Crippen molar-refractivity contribution in [2.24, 2.45) is 0 Å². The Balaban J connectivity index is 2.13. The molecule has 0 spiro atoms. The van der Waals surface area contributed by atoms with Crippen LogP contribution in [-0.2, 0) is 14.2 Å². The van der Waals surface area contributed by atoms with Crippen LogP contribution in [0.5, 0.6) is 0 Å². The van der Waals surface area contributed by atoms with Crippen molar-refractivity contribution in [3.63, 3.8) is 0 Å². The summed E-state index contributed by atoms with van der Waals surface area (Å²) in [4.78, 5) is 47.5. The number of carbonyl (C=O) groups is 3. The topological polar surface area (TPSA) is 146 Å². The number of alkyl carbamates (subject to hydrolysis) is 2. The van der Waals surface area contributed by atoms with Crippen LogP contribution in [-0.4, -0.2) is 52.5 Å². The molecule has 2 unspecified atom stereocenters. The van der Waals surface area contributed by atoms with Crippen molar-refractivity contribution in [2.45, 2.75) is 83.8 Å². The molecule has 1 aliphatic rings. The van der Waals surface area contributed by atoms with E-state index in [0.717, 1.165) is 6.07 Å². The second kappa shape index (κ2) is 10.1. The highest BCUT2D eigenvalue weighted by Crippen LogP contribution is 2.26. The molecular weight excluding hydrogens is 434 g/mol. The number of nitrogens with zero attached hydrogens (tertiary/aromatic N) is 1. The molecule has 33 heavy (non-hydrogen) atoms. The highest BCUT2D eigenvalue weighted by atomic mass is 16.6. The van der Waals surface area contributed by atoms with Crippen LogP contribution >= 0.6 is 0 Å². The quantitative estimate of drug-likeness (QED) is 0.290. The lowest BCUT2D eigenvalue weighted by Crippen LogP contribution is -2.44. The van der Waals surface area contributed by atoms with E-state index in [9.17, 15) is 24.5 Å². The molecule has 0 heterocycles. The molecule has 11 nitrogen and oxygen atoms in total. The fraction of sp³-hybridized carbons (Fsp3) is 0.591. The van der Waals surface area contributed by atoms with Gasteiger partial charge in [0.2, 0.25) is 0 Å². The van der Waals surface area contributed by atoms with Gasteiger partial charge in [0.1, 0.15) is 17.3 Å². The van der Waals surface area contributed by atoms with E-state index in [2.05, 4.69) is 10.6 Å². The number of carbonyl (C=O) groups excluding carboxylic acids is 3. The van der Waals surface area contributed by atoms with Crippen molar-refractivity contribution >= 4 is 23.8 Å². The van der Waals surface area contributed by atoms with Gasteiger partial charge in [-0.05, 0) is 54.0 Å². The van der Waals surface area contributed by atoms with Gasteiger partial charge in [0.15, 0.2) is 0 Å². The lowest BCUT2D eigenvalue weighted by molar-refractivity contribution is -0.384. The van der Waals surface area contributed by atoms with E-state index < -0.39 is 52.5 Å². The third-order valence-corrected chi connectivity index (χ3v) is 4.48. The molecule has 0 bridgehead atoms. The van der Waals surface area contributed by atoms with E-state index >= 15 is 0 Å². The standard InChI is InChI=1S/C22H31N3O8/c1-21(2,3)32-19(27)23-14-11-16(24-20(28)33-22(4,5)6)17(12-14)31-18(26)13-8-7-9-15(10-13)25(29)30/h7-10,14,16-17H,11-12H2,1-6H3,(H,23,27)(H,24,28)/t14?,16?,17-/m0/s1. The second-order valence-electron chi connectivity index (χ2n) is 9.82. The van der Waals surface area contributed by atoms with Gasteiger partial charge >= 0.3 is 18.2 Å². The molecule has 2 rings (SSSR count). The van der Waals surface area contributed by atoms with Gasteiger partial charge in [-0.15, -0.1) is 0 Å². The normalized spacial score (nSPS) is 20.5. The first kappa shape index (κ1) is 25.9. The summed E-state index contributed by atoms with van der Waals surface area (Å²) >= 11 is 0. The van der Waals surface area contributed by atoms with Gasteiger partial charge in [-0.25, -0.2) is 14.4 Å². The maximum Gasteiger partial charge on any atom is 0.408 e. The van der Waals surface area contributed by atoms with Gasteiger partial charge < -0.3 is 24.8 Å². The Bertz CT molecular complexity index is 904. The van der Waals surface area contributed by atoms with Gasteiger partial charge in [0.25, 0.3) is 5.69 Å². The molecule has 2 N–H and O–H groups in total. The second-order valence-corrected chi connectivity index (χ2v) is 9.82. The average Bonchev–Trinajstić information content (AvgIpc) is 2.98. The Morgan fingerprint density at radius 2 is 1.55 bits per heavy atom. The number of rotatable bonds is 5. The molecule has 0 radical (unpaired) electrons. The Morgan fingerprint density at radius 1 is 0.970 bits per heavy atom. The van der Waals surface area contributed by atoms with Gasteiger partial charge in [-0.2, -0.15) is 0 Å². The van der Waals surface area contributed by atoms with Gasteiger partial charge in [0, 0.05) is 24.6 Å². The summed E-state index contributed by atoms with van der Waals surface area (Å²) < 4.78 is 16.1. The lowest BCUT2D eigenvalue weighted by atomic mass is 10.2. The first-order chi connectivity index (χ1) is 15.1. The number of ether oxygens (including phenoxy) is 3. The number of nitro groups is 1. The molecule has 1 aromatic carbocycles. The first-order valence-corrected chi connectivity index (χ1v) is 10.6. The maximum absolute atomic E-state index is 12.7. The van der Waals surface area contributed by atoms with Gasteiger partial charge in [-0.1, -0.05) is 6.07 Å². The molecule has 1 aliphatic carbocycles. The van der Waals surface area contributed by atoms with E-state index in [4.69, 9.17) is 14.2 Å². The molecule has 0 saturated heterocycles. The molecule has 0 aliphatic heterocycles. The SMILES string of the molecule is CC(C)(C)OC(=O)NC1CC(NC(=O)OC(C)(C)C)[C@@H](OC(=O)c2cccc([N+](=O)[O-])c2)C1. The Labute approximate surface area is 192 Å². The third-order valence-electron chi connectivity index (χ3n) is 4.48. The van der Waals surface area contributed by atoms with Crippen LogP contribution in [0.15, 0.2) is 24.3 Å². The van der Waals surface area contributed by atoms with Crippen LogP contribution in [0.25, 0.3) is 0 Å². The molecule has 182 valence electrons. The summed E-state index contributed by atoms with van der Waals surface area (Å²) in [5.74, 6) is -0.780. The zero-order valence-electron chi connectivity index (χ0n) is 19.7. The zero-order chi connectivity index (χ0) is 25.0. The van der Waals surface area contributed by atoms with E-state index in [1.54, 1.807) is 41.5 Å². The number of non-ortho nitro benzene ring substituents is 1. The Hall–Kier alpha value is -3.37. The van der Waals surface area contributed by atoms with Crippen LogP contribution in [0.4, 0.5) is 15.3 Å². The monoisotopic (exact) mass is 465 g/mol. The fourth-order valence-electron chi connectivity index (χ4n) is 3.28. The molecule has 11 heteroatoms. The van der Waals surface area contributed by atoms with Crippen LogP contribution in [0, 0.1) is 10.1 Å². The number of hydrogen-bond acceptors (Lipinski definition) is 8. The minimum atomic E-state index is -0.802. The predicted molar refractivity (Wildman–Crippen MR) is 118 cm³/mol. The number of amides is 2. The molecule has 1 aromatic rings. The van der Waals surface area contributed by atoms with E-state index in [1.165, 1.54) is 18.2 Å². The smallest absolute Gasteiger partial charge is 0.408 e. The zero-order valence-corrected chi connectivity index (χ0v) is 19.7. The number of nitro benzene ring substituents is 1. The molecule has 2 amide bonds. The minimum Gasteiger partial charge on any atom is -0.457 e. The highest BCUT2D eigenvalue weighted by Gasteiger charge is 2.40. The molecule has 3 atom stereocenters. The largest absolute Gasteiger partial charge is 0.457 e. The van der Waals surface area contributed by atoms with Crippen molar-refractivity contribution in [3.8, 4) is 0 Å². The molecule has 1 fully saturated rings. The number of esters is 1. The number of benzene rings is 1. The van der Waals surface area contributed by atoms with Crippen LogP contribution < -0.4 is 10.6 Å². The summed E-state index contributed by atoms with van der Waals surface area (Å²) in [6.07, 6.45) is -1.65. The lowest BCUT2D eigenvalue weighted by Gasteiger charge is -2.24. The van der Waals surface area contributed by atoms with E-state index in [-0.39, 0.29) is 24.1 Å². The summed E-state index contributed by atoms with van der Waals surface area (Å²) in [6.45, 7) is 10.4. The van der Waals surface area contributed by atoms with Gasteiger partial charge in [-0.3, -0.25) is 10.1 Å². The van der Waals surface area contributed by atoms with Crippen molar-refractivity contribution in [2.75, 3.05) is 0 Å². The van der Waals surface area contributed by atoms with Gasteiger partial charge in [0.05, 0.1) is 16.5 Å². The summed E-state index contributed by atoms with van der Waals surface area (Å²) in [5.41, 5.74) is -1.66. The van der Waals surface area contributed by atoms with Crippen molar-refractivity contribution in [1.82, 2.24) is 10.6 Å². The Morgan fingerprint density at radius 3 is 2.09 bits per heavy atom. The number of nitrogens with one attached hydrogen (secondary N) is 2. The summed E-state index contributed by atoms with van der Waals surface area (Å²) in [7, 11) is 0. The summed E-state index contributed by atoms with van der Waals surface area (Å²) in [5, 5.41) is 16.4. The molecule has 0 aromatic heterocycles. The average molecular weight is 466 g/mol. The first-order valence-electron chi connectivity index (χ1n) is 10.6. The summed E-state index contributed by atoms with van der Waals surface area (Å²) in [6, 6.07) is 4.07. The number of hydrogen-bond donors (Lipinski definition) is 2.